The van der Waals surface area contributed by atoms with Gasteiger partial charge in [-0.15, -0.1) is 10.2 Å². The van der Waals surface area contributed by atoms with Gasteiger partial charge >= 0.3 is 5.97 Å². The summed E-state index contributed by atoms with van der Waals surface area (Å²) in [4.78, 5) is 10.5. The minimum Gasteiger partial charge on any atom is -0.476 e. The van der Waals surface area contributed by atoms with Crippen LogP contribution in [0.5, 0.6) is 0 Å². The molecule has 1 fully saturated rings. The fourth-order valence-corrected chi connectivity index (χ4v) is 3.34. The molecule has 1 N–H and O–H groups in total. The van der Waals surface area contributed by atoms with Gasteiger partial charge in [0.1, 0.15) is 5.00 Å². The third-order valence-electron chi connectivity index (χ3n) is 3.78. The second-order valence-corrected chi connectivity index (χ2v) is 6.17. The molecule has 1 heterocycles. The Morgan fingerprint density at radius 1 is 1.19 bits per heavy atom. The highest BCUT2D eigenvalue weighted by Gasteiger charge is 2.39. The number of aromatic carboxylic acids is 1. The minimum absolute atomic E-state index is 0.0885. The summed E-state index contributed by atoms with van der Waals surface area (Å²) < 4.78 is 1.41. The number of hydrogen-bond donors (Lipinski definition) is 1. The molecule has 1 aliphatic carbocycles. The zero-order chi connectivity index (χ0) is 15.0. The van der Waals surface area contributed by atoms with Crippen molar-refractivity contribution in [1.29, 1.82) is 0 Å². The van der Waals surface area contributed by atoms with E-state index < -0.39 is 11.0 Å². The smallest absolute Gasteiger partial charge is 0.357 e. The highest BCUT2D eigenvalue weighted by atomic mass is 35.5. The second kappa shape index (κ2) is 5.31. The molecule has 1 aromatic carbocycles. The van der Waals surface area contributed by atoms with Gasteiger partial charge in [0.05, 0.1) is 0 Å². The molecule has 0 spiro atoms. The van der Waals surface area contributed by atoms with E-state index in [1.165, 1.54) is 4.42 Å². The lowest BCUT2D eigenvalue weighted by Crippen LogP contribution is -2.35. The number of benzene rings is 1. The third kappa shape index (κ3) is 2.40. The Morgan fingerprint density at radius 3 is 2.43 bits per heavy atom. The van der Waals surface area contributed by atoms with Gasteiger partial charge in [-0.2, -0.15) is 0 Å². The van der Waals surface area contributed by atoms with Crippen LogP contribution in [0.3, 0.4) is 0 Å². The van der Waals surface area contributed by atoms with Crippen LogP contribution in [-0.4, -0.2) is 26.3 Å². The number of anilines is 1. The monoisotopic (exact) mass is 325 g/mol. The fraction of sp³-hybridized carbons (Fsp3) is 0.357. The minimum atomic E-state index is -1.12. The maximum absolute atomic E-state index is 11.2. The van der Waals surface area contributed by atoms with Crippen molar-refractivity contribution < 1.29 is 9.90 Å². The molecule has 0 aliphatic heterocycles. The van der Waals surface area contributed by atoms with Gasteiger partial charge in [0.25, 0.3) is 0 Å². The Labute approximate surface area is 131 Å². The van der Waals surface area contributed by atoms with E-state index in [9.17, 15) is 9.90 Å². The van der Waals surface area contributed by atoms with E-state index in [-0.39, 0.29) is 5.69 Å². The van der Waals surface area contributed by atoms with Crippen molar-refractivity contribution in [2.75, 3.05) is 4.42 Å². The predicted octanol–water partition coefficient (Wildman–Crippen LogP) is 3.80. The summed E-state index contributed by atoms with van der Waals surface area (Å²) in [5.74, 6) is -0.720. The highest BCUT2D eigenvalue weighted by molar-refractivity contribution is 6.36. The molecular formula is C14H13Cl2N3O2. The number of alkyl halides is 1. The molecular weight excluding hydrogens is 313 g/mol. The number of fused-ring (bicyclic) bond motifs is 1. The molecule has 0 atom stereocenters. The zero-order valence-electron chi connectivity index (χ0n) is 11.1. The molecule has 2 aromatic rings. The lowest BCUT2D eigenvalue weighted by atomic mass is 10.1. The molecule has 0 amide bonds. The Kier molecular flexibility index (Phi) is 3.63. The van der Waals surface area contributed by atoms with E-state index in [4.69, 9.17) is 23.4 Å². The predicted molar refractivity (Wildman–Crippen MR) is 81.9 cm³/mol. The summed E-state index contributed by atoms with van der Waals surface area (Å²) in [7, 11) is 0. The van der Waals surface area contributed by atoms with Crippen LogP contribution in [0, 0.1) is 0 Å². The molecule has 1 aliphatic rings. The van der Waals surface area contributed by atoms with E-state index >= 15 is 0 Å². The van der Waals surface area contributed by atoms with Gasteiger partial charge in [0.15, 0.2) is 11.5 Å². The lowest BCUT2D eigenvalue weighted by Gasteiger charge is -2.31. The Morgan fingerprint density at radius 2 is 1.81 bits per heavy atom. The van der Waals surface area contributed by atoms with Crippen molar-refractivity contribution in [2.45, 2.75) is 30.7 Å². The number of halogens is 2. The van der Waals surface area contributed by atoms with Gasteiger partial charge in [-0.3, -0.25) is 0 Å². The van der Waals surface area contributed by atoms with Crippen molar-refractivity contribution >= 4 is 45.9 Å². The molecule has 21 heavy (non-hydrogen) atoms. The van der Waals surface area contributed by atoms with Gasteiger partial charge in [-0.05, 0) is 25.7 Å². The standard InChI is InChI=1S/C14H13Cl2N3O2/c15-14(7-3-4-8-14)19(16)12-10-6-2-1-5-9(10)11(13(20)21)17-18-12/h1-2,5-6H,3-4,7-8H2,(H,20,21). The van der Waals surface area contributed by atoms with Crippen LogP contribution in [0.2, 0.25) is 0 Å². The average Bonchev–Trinajstić information content (AvgIpc) is 2.93. The number of rotatable bonds is 3. The normalized spacial score (nSPS) is 17.0. The third-order valence-corrected chi connectivity index (χ3v) is 4.90. The van der Waals surface area contributed by atoms with Crippen LogP contribution >= 0.6 is 23.4 Å². The summed E-state index contributed by atoms with van der Waals surface area (Å²) in [6, 6.07) is 7.03. The molecule has 0 unspecified atom stereocenters. The van der Waals surface area contributed by atoms with Gasteiger partial charge in [0.2, 0.25) is 0 Å². The van der Waals surface area contributed by atoms with E-state index in [1.54, 1.807) is 24.3 Å². The van der Waals surface area contributed by atoms with Gasteiger partial charge in [0, 0.05) is 22.5 Å². The van der Waals surface area contributed by atoms with Crippen molar-refractivity contribution in [3.63, 3.8) is 0 Å². The van der Waals surface area contributed by atoms with Crippen LogP contribution in [-0.2, 0) is 0 Å². The van der Waals surface area contributed by atoms with Gasteiger partial charge in [-0.1, -0.05) is 35.9 Å². The number of nitrogens with zero attached hydrogens (tertiary/aromatic N) is 3. The highest BCUT2D eigenvalue weighted by Crippen LogP contribution is 2.43. The Bertz CT molecular complexity index is 702. The Balaban J connectivity index is 2.16. The molecule has 3 rings (SSSR count). The molecule has 1 aromatic heterocycles. The first-order valence-electron chi connectivity index (χ1n) is 6.66. The first-order chi connectivity index (χ1) is 10.0. The average molecular weight is 326 g/mol. The first-order valence-corrected chi connectivity index (χ1v) is 7.38. The number of aromatic nitrogens is 2. The molecule has 0 radical (unpaired) electrons. The SMILES string of the molecule is O=C(O)c1nnc(N(Cl)C2(Cl)CCCC2)c2ccccc12. The molecule has 0 saturated heterocycles. The molecule has 0 bridgehead atoms. The number of hydrogen-bond acceptors (Lipinski definition) is 4. The largest absolute Gasteiger partial charge is 0.476 e. The topological polar surface area (TPSA) is 66.3 Å². The van der Waals surface area contributed by atoms with Gasteiger partial charge < -0.3 is 5.11 Å². The summed E-state index contributed by atoms with van der Waals surface area (Å²) in [6.45, 7) is 0. The second-order valence-electron chi connectivity index (χ2n) is 5.13. The van der Waals surface area contributed by atoms with Crippen molar-refractivity contribution in [1.82, 2.24) is 10.2 Å². The van der Waals surface area contributed by atoms with Crippen molar-refractivity contribution in [3.8, 4) is 0 Å². The molecule has 5 nitrogen and oxygen atoms in total. The van der Waals surface area contributed by atoms with E-state index in [0.717, 1.165) is 25.7 Å². The van der Waals surface area contributed by atoms with Crippen LogP contribution < -0.4 is 4.42 Å². The van der Waals surface area contributed by atoms with Crippen molar-refractivity contribution in [2.24, 2.45) is 0 Å². The lowest BCUT2D eigenvalue weighted by molar-refractivity contribution is 0.0691. The maximum Gasteiger partial charge on any atom is 0.357 e. The molecule has 7 heteroatoms. The van der Waals surface area contributed by atoms with E-state index in [0.29, 0.717) is 16.6 Å². The number of carboxylic acid groups (broad SMARTS) is 1. The quantitative estimate of drug-likeness (QED) is 0.528. The summed E-state index contributed by atoms with van der Waals surface area (Å²) in [5.41, 5.74) is -0.0885. The van der Waals surface area contributed by atoms with E-state index in [1.807, 2.05) is 0 Å². The summed E-state index contributed by atoms with van der Waals surface area (Å²) in [6.07, 6.45) is 3.53. The van der Waals surface area contributed by atoms with Crippen molar-refractivity contribution in [3.05, 3.63) is 30.0 Å². The molecule has 110 valence electrons. The number of carboxylic acids is 1. The van der Waals surface area contributed by atoms with Crippen LogP contribution in [0.25, 0.3) is 10.8 Å². The maximum atomic E-state index is 11.2. The van der Waals surface area contributed by atoms with Crippen LogP contribution in [0.1, 0.15) is 36.2 Å². The number of carbonyl (C=O) groups is 1. The first kappa shape index (κ1) is 14.4. The fourth-order valence-electron chi connectivity index (χ4n) is 2.70. The summed E-state index contributed by atoms with van der Waals surface area (Å²) >= 11 is 13.0. The Hall–Kier alpha value is -1.59. The summed E-state index contributed by atoms with van der Waals surface area (Å²) in [5, 5.41) is 18.1. The van der Waals surface area contributed by atoms with Gasteiger partial charge in [-0.25, -0.2) is 9.21 Å². The zero-order valence-corrected chi connectivity index (χ0v) is 12.6. The molecule has 1 saturated carbocycles. The van der Waals surface area contributed by atoms with Crippen LogP contribution in [0.15, 0.2) is 24.3 Å². The van der Waals surface area contributed by atoms with E-state index in [2.05, 4.69) is 10.2 Å². The van der Waals surface area contributed by atoms with Crippen LogP contribution in [0.4, 0.5) is 5.82 Å².